The zero-order valence-electron chi connectivity index (χ0n) is 52.3. The fourth-order valence-electron chi connectivity index (χ4n) is 9.96. The maximum absolute atomic E-state index is 12.9. The molecular formula is C69H129NO8. The number of hydrogen-bond acceptors (Lipinski definition) is 8. The van der Waals surface area contributed by atoms with Crippen molar-refractivity contribution in [2.24, 2.45) is 0 Å². The summed E-state index contributed by atoms with van der Waals surface area (Å²) in [4.78, 5) is 37.4. The highest BCUT2D eigenvalue weighted by Gasteiger charge is 2.22. The summed E-state index contributed by atoms with van der Waals surface area (Å²) in [6.07, 6.45) is 72.2. The second kappa shape index (κ2) is 60.6. The van der Waals surface area contributed by atoms with Gasteiger partial charge in [-0.05, 0) is 51.4 Å². The molecule has 2 atom stereocenters. The van der Waals surface area contributed by atoms with Crippen LogP contribution in [-0.2, 0) is 33.3 Å². The molecule has 0 aromatic heterocycles. The summed E-state index contributed by atoms with van der Waals surface area (Å²) in [5.74, 6) is -2.26. The fourth-order valence-corrected chi connectivity index (χ4v) is 9.96. The zero-order chi connectivity index (χ0) is 56.9. The van der Waals surface area contributed by atoms with E-state index in [0.717, 1.165) is 51.4 Å². The van der Waals surface area contributed by atoms with Crippen molar-refractivity contribution in [1.82, 2.24) is 0 Å². The lowest BCUT2D eigenvalue weighted by Crippen LogP contribution is -2.44. The number of carbonyl (C=O) groups excluding carboxylic acids is 3. The largest absolute Gasteiger partial charge is 0.545 e. The van der Waals surface area contributed by atoms with Crippen LogP contribution in [0.3, 0.4) is 0 Å². The van der Waals surface area contributed by atoms with Crippen LogP contribution in [0, 0.1) is 0 Å². The van der Waals surface area contributed by atoms with Crippen LogP contribution in [-0.4, -0.2) is 82.3 Å². The van der Waals surface area contributed by atoms with E-state index >= 15 is 0 Å². The minimum atomic E-state index is -1.62. The number of likely N-dealkylation sites (N-methyl/N-ethyl adjacent to an activating group) is 1. The predicted molar refractivity (Wildman–Crippen MR) is 329 cm³/mol. The first-order chi connectivity index (χ1) is 38.1. The number of hydrogen-bond donors (Lipinski definition) is 0. The molecule has 0 saturated carbocycles. The molecule has 0 aliphatic carbocycles. The average Bonchev–Trinajstić information content (AvgIpc) is 3.41. The number of unbranched alkanes of at least 4 members (excludes halogenated alkanes) is 42. The van der Waals surface area contributed by atoms with E-state index in [-0.39, 0.29) is 32.2 Å². The first-order valence-electron chi connectivity index (χ1n) is 33.6. The van der Waals surface area contributed by atoms with Crippen molar-refractivity contribution in [2.45, 2.75) is 341 Å². The first kappa shape index (κ1) is 75.5. The molecule has 0 heterocycles. The van der Waals surface area contributed by atoms with Gasteiger partial charge in [0, 0.05) is 12.8 Å². The van der Waals surface area contributed by atoms with Crippen LogP contribution in [0.5, 0.6) is 0 Å². The Balaban J connectivity index is 4.07. The molecule has 458 valence electrons. The zero-order valence-corrected chi connectivity index (χ0v) is 52.3. The maximum atomic E-state index is 12.9. The summed E-state index contributed by atoms with van der Waals surface area (Å²) < 4.78 is 22.8. The molecule has 0 radical (unpaired) electrons. The average molecular weight is 1100 g/mol. The summed E-state index contributed by atoms with van der Waals surface area (Å²) in [7, 11) is 5.94. The SMILES string of the molecule is CCCCCCC/C=C\C/C=C\C/C=C\CCCCCCCCCCCCCCCCCCCCC(=O)OC(COC(=O)CCCCCCCCCCCCCCCCCCCCCC)COC(OCC[N+](C)(C)C)C(=O)[O-]. The van der Waals surface area contributed by atoms with Crippen molar-refractivity contribution >= 4 is 17.9 Å². The number of ether oxygens (including phenoxy) is 4. The smallest absolute Gasteiger partial charge is 0.306 e. The van der Waals surface area contributed by atoms with Gasteiger partial charge in [0.2, 0.25) is 0 Å². The van der Waals surface area contributed by atoms with Gasteiger partial charge in [-0.2, -0.15) is 0 Å². The summed E-state index contributed by atoms with van der Waals surface area (Å²) in [6.45, 7) is 4.80. The third kappa shape index (κ3) is 61.1. The molecule has 0 bridgehead atoms. The highest BCUT2D eigenvalue weighted by Crippen LogP contribution is 2.18. The van der Waals surface area contributed by atoms with Crippen LogP contribution >= 0.6 is 0 Å². The van der Waals surface area contributed by atoms with E-state index in [1.165, 1.54) is 250 Å². The Morgan fingerprint density at radius 2 is 0.692 bits per heavy atom. The Hall–Kier alpha value is -2.49. The van der Waals surface area contributed by atoms with Crippen molar-refractivity contribution in [3.8, 4) is 0 Å². The molecule has 0 fully saturated rings. The molecule has 0 rings (SSSR count). The Morgan fingerprint density at radius 3 is 1.03 bits per heavy atom. The number of allylic oxidation sites excluding steroid dienone is 6. The molecule has 0 amide bonds. The number of esters is 2. The molecule has 0 N–H and O–H groups in total. The second-order valence-corrected chi connectivity index (χ2v) is 24.1. The predicted octanol–water partition coefficient (Wildman–Crippen LogP) is 19.1. The van der Waals surface area contributed by atoms with Crippen LogP contribution in [0.1, 0.15) is 328 Å². The molecule has 78 heavy (non-hydrogen) atoms. The molecule has 0 aliphatic rings. The van der Waals surface area contributed by atoms with Crippen molar-refractivity contribution in [1.29, 1.82) is 0 Å². The Labute approximate surface area is 483 Å². The third-order valence-electron chi connectivity index (χ3n) is 15.1. The molecule has 9 heteroatoms. The summed E-state index contributed by atoms with van der Waals surface area (Å²) in [5.41, 5.74) is 0. The van der Waals surface area contributed by atoms with E-state index in [1.807, 2.05) is 21.1 Å². The minimum absolute atomic E-state index is 0.151. The number of nitrogens with zero attached hydrogens (tertiary/aromatic N) is 1. The minimum Gasteiger partial charge on any atom is -0.545 e. The number of aliphatic carboxylic acids is 1. The van der Waals surface area contributed by atoms with E-state index in [9.17, 15) is 19.5 Å². The first-order valence-corrected chi connectivity index (χ1v) is 33.6. The molecule has 0 spiro atoms. The molecule has 2 unspecified atom stereocenters. The number of rotatable bonds is 63. The normalized spacial score (nSPS) is 12.9. The van der Waals surface area contributed by atoms with E-state index in [1.54, 1.807) is 0 Å². The van der Waals surface area contributed by atoms with Gasteiger partial charge >= 0.3 is 11.9 Å². The van der Waals surface area contributed by atoms with E-state index in [2.05, 4.69) is 50.3 Å². The molecule has 9 nitrogen and oxygen atoms in total. The topological polar surface area (TPSA) is 111 Å². The van der Waals surface area contributed by atoms with E-state index in [4.69, 9.17) is 18.9 Å². The molecule has 0 aliphatic heterocycles. The number of quaternary nitrogens is 1. The van der Waals surface area contributed by atoms with Gasteiger partial charge in [0.1, 0.15) is 13.2 Å². The van der Waals surface area contributed by atoms with Crippen LogP contribution in [0.4, 0.5) is 0 Å². The highest BCUT2D eigenvalue weighted by atomic mass is 16.7. The third-order valence-corrected chi connectivity index (χ3v) is 15.1. The van der Waals surface area contributed by atoms with E-state index < -0.39 is 24.3 Å². The summed E-state index contributed by atoms with van der Waals surface area (Å²) >= 11 is 0. The molecule has 0 saturated heterocycles. The second-order valence-electron chi connectivity index (χ2n) is 24.1. The van der Waals surface area contributed by atoms with Gasteiger partial charge in [-0.3, -0.25) is 9.59 Å². The molecule has 0 aromatic carbocycles. The lowest BCUT2D eigenvalue weighted by molar-refractivity contribution is -0.870. The Bertz CT molecular complexity index is 1370. The Kier molecular flexibility index (Phi) is 58.7. The van der Waals surface area contributed by atoms with Crippen LogP contribution in [0.2, 0.25) is 0 Å². The standard InChI is InChI=1S/C69H129NO8/c1-6-8-10-12-14-16-18-20-22-24-26-28-29-30-31-32-33-34-35-36-37-38-39-40-42-44-46-48-50-52-54-56-58-60-67(72)78-65(64-77-69(68(73)74)75-62-61-70(3,4)5)63-76-66(71)59-57-55-53-51-49-47-45-43-41-27-25-23-21-19-17-15-13-11-9-7-2/h18,20,24,26,29-30,65,69H,6-17,19,21-23,25,27-28,31-64H2,1-5H3/b20-18-,26-24-,30-29-. The van der Waals surface area contributed by atoms with Crippen molar-refractivity contribution in [3.63, 3.8) is 0 Å². The fraction of sp³-hybridized carbons (Fsp3) is 0.870. The monoisotopic (exact) mass is 1100 g/mol. The lowest BCUT2D eigenvalue weighted by Gasteiger charge is -2.26. The lowest BCUT2D eigenvalue weighted by atomic mass is 10.0. The van der Waals surface area contributed by atoms with Gasteiger partial charge in [0.25, 0.3) is 0 Å². The highest BCUT2D eigenvalue weighted by molar-refractivity contribution is 5.70. The van der Waals surface area contributed by atoms with Gasteiger partial charge < -0.3 is 33.3 Å². The van der Waals surface area contributed by atoms with Crippen LogP contribution < -0.4 is 5.11 Å². The van der Waals surface area contributed by atoms with Gasteiger partial charge in [0.15, 0.2) is 12.4 Å². The van der Waals surface area contributed by atoms with Gasteiger partial charge in [-0.15, -0.1) is 0 Å². The van der Waals surface area contributed by atoms with Gasteiger partial charge in [-0.1, -0.05) is 301 Å². The summed E-state index contributed by atoms with van der Waals surface area (Å²) in [5, 5.41) is 11.8. The van der Waals surface area contributed by atoms with Crippen molar-refractivity contribution < 1.29 is 42.9 Å². The molecular weight excluding hydrogens is 971 g/mol. The number of carbonyl (C=O) groups is 3. The molecule has 0 aromatic rings. The van der Waals surface area contributed by atoms with Crippen molar-refractivity contribution in [3.05, 3.63) is 36.5 Å². The van der Waals surface area contributed by atoms with Crippen LogP contribution in [0.25, 0.3) is 0 Å². The van der Waals surface area contributed by atoms with Gasteiger partial charge in [-0.25, -0.2) is 0 Å². The van der Waals surface area contributed by atoms with Gasteiger partial charge in [0.05, 0.1) is 40.3 Å². The van der Waals surface area contributed by atoms with E-state index in [0.29, 0.717) is 17.4 Å². The Morgan fingerprint density at radius 1 is 0.385 bits per heavy atom. The van der Waals surface area contributed by atoms with Crippen molar-refractivity contribution in [2.75, 3.05) is 47.5 Å². The number of carboxylic acid groups (broad SMARTS) is 1. The number of carboxylic acids is 1. The van der Waals surface area contributed by atoms with Crippen LogP contribution in [0.15, 0.2) is 36.5 Å². The maximum Gasteiger partial charge on any atom is 0.306 e. The summed E-state index contributed by atoms with van der Waals surface area (Å²) in [6, 6.07) is 0. The quantitative estimate of drug-likeness (QED) is 0.0195.